The van der Waals surface area contributed by atoms with Gasteiger partial charge < -0.3 is 5.73 Å². The van der Waals surface area contributed by atoms with E-state index < -0.39 is 17.6 Å². The molecule has 0 aliphatic carbocycles. The number of fused-ring (bicyclic) bond motifs is 1. The third kappa shape index (κ3) is 3.23. The summed E-state index contributed by atoms with van der Waals surface area (Å²) < 4.78 is 13.6. The van der Waals surface area contributed by atoms with Crippen molar-refractivity contribution in [2.45, 2.75) is 20.8 Å². The number of thiophene rings is 1. The van der Waals surface area contributed by atoms with Crippen LogP contribution in [0.3, 0.4) is 0 Å². The van der Waals surface area contributed by atoms with Gasteiger partial charge in [0.1, 0.15) is 15.5 Å². The summed E-state index contributed by atoms with van der Waals surface area (Å²) in [6, 6.07) is 5.97. The number of aryl methyl sites for hydroxylation is 3. The minimum absolute atomic E-state index is 0.103. The Morgan fingerprint density at radius 1 is 1.08 bits per heavy atom. The quantitative estimate of drug-likeness (QED) is 0.603. The van der Waals surface area contributed by atoms with E-state index in [1.165, 1.54) is 12.1 Å². The van der Waals surface area contributed by atoms with Crippen LogP contribution in [0.15, 0.2) is 24.3 Å². The molecule has 0 saturated heterocycles. The number of hydrazine groups is 1. The number of benzene rings is 1. The molecule has 3 aromatic rings. The summed E-state index contributed by atoms with van der Waals surface area (Å²) in [4.78, 5) is 29.8. The van der Waals surface area contributed by atoms with Crippen molar-refractivity contribution in [1.29, 1.82) is 0 Å². The SMILES string of the molecule is Cc1cc(C)c2c(N)c(C(=O)NNC(=O)c3ccc(C)c(F)c3)sc2n1. The number of anilines is 1. The van der Waals surface area contributed by atoms with Crippen molar-refractivity contribution in [3.63, 3.8) is 0 Å². The third-order valence-corrected chi connectivity index (χ3v) is 5.05. The van der Waals surface area contributed by atoms with Gasteiger partial charge in [0.25, 0.3) is 11.8 Å². The molecule has 3 rings (SSSR count). The monoisotopic (exact) mass is 372 g/mol. The topological polar surface area (TPSA) is 97.1 Å². The normalized spacial score (nSPS) is 10.8. The van der Waals surface area contributed by atoms with E-state index in [-0.39, 0.29) is 10.4 Å². The second-order valence-corrected chi connectivity index (χ2v) is 6.98. The Morgan fingerprint density at radius 2 is 1.77 bits per heavy atom. The fourth-order valence-electron chi connectivity index (χ4n) is 2.61. The van der Waals surface area contributed by atoms with Gasteiger partial charge in [-0.3, -0.25) is 20.4 Å². The molecule has 0 spiro atoms. The van der Waals surface area contributed by atoms with Crippen molar-refractivity contribution in [1.82, 2.24) is 15.8 Å². The Labute approximate surface area is 153 Å². The third-order valence-electron chi connectivity index (χ3n) is 3.95. The van der Waals surface area contributed by atoms with Crippen LogP contribution < -0.4 is 16.6 Å². The second-order valence-electron chi connectivity index (χ2n) is 5.98. The molecule has 0 atom stereocenters. The summed E-state index contributed by atoms with van der Waals surface area (Å²) in [6.45, 7) is 5.36. The lowest BCUT2D eigenvalue weighted by atomic mass is 10.1. The number of nitrogens with two attached hydrogens (primary N) is 1. The fourth-order valence-corrected chi connectivity index (χ4v) is 3.73. The van der Waals surface area contributed by atoms with Gasteiger partial charge in [-0.25, -0.2) is 9.37 Å². The lowest BCUT2D eigenvalue weighted by Crippen LogP contribution is -2.41. The number of aromatic nitrogens is 1. The highest BCUT2D eigenvalue weighted by atomic mass is 32.1. The lowest BCUT2D eigenvalue weighted by molar-refractivity contribution is 0.0849. The number of hydrogen-bond acceptors (Lipinski definition) is 5. The van der Waals surface area contributed by atoms with Crippen LogP contribution in [-0.2, 0) is 0 Å². The number of carbonyl (C=O) groups is 2. The number of nitrogens with zero attached hydrogens (tertiary/aromatic N) is 1. The molecule has 6 nitrogen and oxygen atoms in total. The Morgan fingerprint density at radius 3 is 2.46 bits per heavy atom. The van der Waals surface area contributed by atoms with Crippen LogP contribution >= 0.6 is 11.3 Å². The number of halogens is 1. The van der Waals surface area contributed by atoms with E-state index in [1.54, 1.807) is 6.92 Å². The first-order chi connectivity index (χ1) is 12.3. The molecule has 2 heterocycles. The average molecular weight is 372 g/mol. The maximum absolute atomic E-state index is 13.6. The van der Waals surface area contributed by atoms with E-state index in [4.69, 9.17) is 5.73 Å². The van der Waals surface area contributed by atoms with E-state index in [9.17, 15) is 14.0 Å². The van der Waals surface area contributed by atoms with Gasteiger partial charge in [-0.2, -0.15) is 0 Å². The zero-order valence-corrected chi connectivity index (χ0v) is 15.3. The standard InChI is InChI=1S/C18H17FN4O2S/c1-8-4-5-11(7-12(8)19)16(24)22-23-17(25)15-14(20)13-9(2)6-10(3)21-18(13)26-15/h4-7H,20H2,1-3H3,(H,22,24)(H,23,25). The van der Waals surface area contributed by atoms with Crippen molar-refractivity contribution < 1.29 is 14.0 Å². The van der Waals surface area contributed by atoms with Crippen LogP contribution in [0.5, 0.6) is 0 Å². The molecule has 0 aliphatic heterocycles. The molecule has 2 amide bonds. The predicted molar refractivity (Wildman–Crippen MR) is 99.6 cm³/mol. The summed E-state index contributed by atoms with van der Waals surface area (Å²) in [7, 11) is 0. The molecule has 0 saturated carbocycles. The largest absolute Gasteiger partial charge is 0.397 e. The van der Waals surface area contributed by atoms with E-state index in [2.05, 4.69) is 15.8 Å². The second kappa shape index (κ2) is 6.72. The minimum atomic E-state index is -0.623. The van der Waals surface area contributed by atoms with Crippen molar-refractivity contribution in [3.05, 3.63) is 57.3 Å². The molecule has 134 valence electrons. The Bertz CT molecular complexity index is 1050. The van der Waals surface area contributed by atoms with Gasteiger partial charge in [-0.1, -0.05) is 6.07 Å². The highest BCUT2D eigenvalue weighted by Gasteiger charge is 2.19. The van der Waals surface area contributed by atoms with Crippen LogP contribution in [0.2, 0.25) is 0 Å². The van der Waals surface area contributed by atoms with Crippen molar-refractivity contribution >= 4 is 39.1 Å². The van der Waals surface area contributed by atoms with E-state index in [0.717, 1.165) is 34.0 Å². The van der Waals surface area contributed by atoms with Crippen LogP contribution in [0, 0.1) is 26.6 Å². The molecule has 26 heavy (non-hydrogen) atoms. The van der Waals surface area contributed by atoms with E-state index in [1.807, 2.05) is 19.9 Å². The lowest BCUT2D eigenvalue weighted by Gasteiger charge is -2.07. The molecule has 8 heteroatoms. The maximum Gasteiger partial charge on any atom is 0.281 e. The van der Waals surface area contributed by atoms with Gasteiger partial charge in [0.2, 0.25) is 0 Å². The van der Waals surface area contributed by atoms with Crippen molar-refractivity contribution in [3.8, 4) is 0 Å². The number of carbonyl (C=O) groups excluding carboxylic acids is 2. The Balaban J connectivity index is 1.79. The van der Waals surface area contributed by atoms with Crippen LogP contribution in [0.25, 0.3) is 10.2 Å². The van der Waals surface area contributed by atoms with Crippen LogP contribution in [0.1, 0.15) is 36.9 Å². The van der Waals surface area contributed by atoms with E-state index >= 15 is 0 Å². The zero-order valence-electron chi connectivity index (χ0n) is 14.4. The maximum atomic E-state index is 13.6. The van der Waals surface area contributed by atoms with Gasteiger partial charge in [0.05, 0.1) is 5.69 Å². The minimum Gasteiger partial charge on any atom is -0.397 e. The molecular formula is C18H17FN4O2S. The smallest absolute Gasteiger partial charge is 0.281 e. The molecular weight excluding hydrogens is 355 g/mol. The number of pyridine rings is 1. The van der Waals surface area contributed by atoms with Crippen LogP contribution in [0.4, 0.5) is 10.1 Å². The van der Waals surface area contributed by atoms with Gasteiger partial charge >= 0.3 is 0 Å². The number of amides is 2. The molecule has 1 aromatic carbocycles. The molecule has 0 radical (unpaired) electrons. The first kappa shape index (κ1) is 17.8. The van der Waals surface area contributed by atoms with E-state index in [0.29, 0.717) is 16.1 Å². The molecule has 0 unspecified atom stereocenters. The van der Waals surface area contributed by atoms with Gasteiger partial charge in [-0.05, 0) is 50.1 Å². The number of nitrogens with one attached hydrogen (secondary N) is 2. The molecule has 0 aliphatic rings. The zero-order chi connectivity index (χ0) is 19.0. The fraction of sp³-hybridized carbons (Fsp3) is 0.167. The summed E-state index contributed by atoms with van der Waals surface area (Å²) in [5.74, 6) is -1.67. The van der Waals surface area contributed by atoms with Gasteiger partial charge in [0.15, 0.2) is 0 Å². The number of nitrogen functional groups attached to an aromatic ring is 1. The Kier molecular flexibility index (Phi) is 4.60. The van der Waals surface area contributed by atoms with Crippen LogP contribution in [-0.4, -0.2) is 16.8 Å². The first-order valence-electron chi connectivity index (χ1n) is 7.81. The molecule has 0 bridgehead atoms. The highest BCUT2D eigenvalue weighted by molar-refractivity contribution is 7.21. The van der Waals surface area contributed by atoms with Gasteiger partial charge in [-0.15, -0.1) is 11.3 Å². The number of hydrogen-bond donors (Lipinski definition) is 3. The predicted octanol–water partition coefficient (Wildman–Crippen LogP) is 3.02. The van der Waals surface area contributed by atoms with Crippen molar-refractivity contribution in [2.24, 2.45) is 0 Å². The summed E-state index contributed by atoms with van der Waals surface area (Å²) in [6.07, 6.45) is 0. The molecule has 2 aromatic heterocycles. The average Bonchev–Trinajstić information content (AvgIpc) is 2.91. The number of rotatable bonds is 2. The molecule has 4 N–H and O–H groups in total. The highest BCUT2D eigenvalue weighted by Crippen LogP contribution is 2.34. The summed E-state index contributed by atoms with van der Waals surface area (Å²) >= 11 is 1.15. The van der Waals surface area contributed by atoms with Crippen molar-refractivity contribution in [2.75, 3.05) is 5.73 Å². The van der Waals surface area contributed by atoms with Gasteiger partial charge in [0, 0.05) is 16.6 Å². The first-order valence-corrected chi connectivity index (χ1v) is 8.62. The molecule has 0 fully saturated rings. The Hall–Kier alpha value is -3.00. The summed E-state index contributed by atoms with van der Waals surface area (Å²) in [5, 5.41) is 0.734. The summed E-state index contributed by atoms with van der Waals surface area (Å²) in [5.41, 5.74) is 13.3.